The molecule has 4 aliphatic heterocycles. The lowest BCUT2D eigenvalue weighted by molar-refractivity contribution is 0.0711. The zero-order valence-electron chi connectivity index (χ0n) is 70.2. The van der Waals surface area contributed by atoms with E-state index in [1.54, 1.807) is 36.7 Å². The average Bonchev–Trinajstić information content (AvgIpc) is 1.60. The van der Waals surface area contributed by atoms with Crippen molar-refractivity contribution in [3.8, 4) is 46.0 Å². The second-order valence-electron chi connectivity index (χ2n) is 33.8. The van der Waals surface area contributed by atoms with Crippen molar-refractivity contribution >= 4 is 51.7 Å². The number of nitrogens with zero attached hydrogens (tertiary/aromatic N) is 8. The molecule has 3 aromatic heterocycles. The van der Waals surface area contributed by atoms with Crippen LogP contribution >= 0.6 is 34.0 Å². The van der Waals surface area contributed by atoms with Crippen LogP contribution in [0.15, 0.2) is 193 Å². The number of carbonyl (C=O) groups excluding carboxylic acids is 3. The fraction of sp³-hybridized carbons (Fsp3) is 0.375. The summed E-state index contributed by atoms with van der Waals surface area (Å²) in [7, 11) is 5.20. The van der Waals surface area contributed by atoms with Crippen LogP contribution in [0.4, 0.5) is 0 Å². The number of likely N-dealkylation sites (tertiary alicyclic amines) is 1. The van der Waals surface area contributed by atoms with Crippen molar-refractivity contribution in [1.82, 2.24) is 44.8 Å². The average molecular weight is 1660 g/mol. The molecular weight excluding hydrogens is 1550 g/mol. The molecule has 1 saturated heterocycles. The molecule has 11 aromatic rings. The van der Waals surface area contributed by atoms with Gasteiger partial charge in [-0.3, -0.25) is 29.1 Å². The Morgan fingerprint density at radius 1 is 0.546 bits per heavy atom. The van der Waals surface area contributed by atoms with Gasteiger partial charge in [0, 0.05) is 82.8 Å². The Balaban J connectivity index is 0.000000147. The third kappa shape index (κ3) is 22.8. The Bertz CT molecular complexity index is 5260. The topological polar surface area (TPSA) is 192 Å². The first-order valence-corrected chi connectivity index (χ1v) is 43.5. The molecule has 2 bridgehead atoms. The van der Waals surface area contributed by atoms with E-state index in [0.717, 1.165) is 159 Å². The number of thiazole rings is 3. The van der Waals surface area contributed by atoms with Gasteiger partial charge in [-0.2, -0.15) is 0 Å². The minimum absolute atomic E-state index is 0.0644. The van der Waals surface area contributed by atoms with E-state index in [-0.39, 0.29) is 54.3 Å². The van der Waals surface area contributed by atoms with Crippen molar-refractivity contribution in [2.75, 3.05) is 61.3 Å². The first kappa shape index (κ1) is 84.8. The highest BCUT2D eigenvalue weighted by Gasteiger charge is 2.51. The lowest BCUT2D eigenvalue weighted by Crippen LogP contribution is -2.37. The summed E-state index contributed by atoms with van der Waals surface area (Å²) in [6.07, 6.45) is 7.64. The van der Waals surface area contributed by atoms with Crippen LogP contribution in [0, 0.1) is 17.8 Å². The Morgan fingerprint density at radius 3 is 1.58 bits per heavy atom. The molecule has 2 fully saturated rings. The second kappa shape index (κ2) is 38.6. The van der Waals surface area contributed by atoms with Gasteiger partial charge in [-0.1, -0.05) is 175 Å². The number of hydrogen-bond acceptors (Lipinski definition) is 20. The van der Waals surface area contributed by atoms with Crippen LogP contribution < -0.4 is 43.2 Å². The summed E-state index contributed by atoms with van der Waals surface area (Å²) in [5, 5.41) is 9.46. The third-order valence-corrected chi connectivity index (χ3v) is 24.9. The number of likely N-dealkylation sites (N-methyl/N-ethyl adjacent to an activating group) is 1. The molecule has 119 heavy (non-hydrogen) atoms. The van der Waals surface area contributed by atoms with E-state index < -0.39 is 0 Å². The van der Waals surface area contributed by atoms with E-state index in [4.69, 9.17) is 47.9 Å². The highest BCUT2D eigenvalue weighted by molar-refractivity contribution is 7.13. The minimum Gasteiger partial charge on any atom is -0.497 e. The van der Waals surface area contributed by atoms with E-state index >= 15 is 0 Å². The van der Waals surface area contributed by atoms with Crippen LogP contribution in [0.1, 0.15) is 175 Å². The second-order valence-corrected chi connectivity index (χ2v) is 36.8. The molecule has 1 N–H and O–H groups in total. The van der Waals surface area contributed by atoms with Crippen molar-refractivity contribution in [3.05, 3.63) is 285 Å². The van der Waals surface area contributed by atoms with E-state index in [0.29, 0.717) is 63.2 Å². The molecule has 622 valence electrons. The van der Waals surface area contributed by atoms with Gasteiger partial charge >= 0.3 is 0 Å². The number of nitrogens with one attached hydrogen (secondary N) is 1. The molecule has 8 aromatic carbocycles. The Hall–Kier alpha value is -10.7. The number of rotatable bonds is 30. The number of aryl methyl sites for hydroxylation is 2. The first-order chi connectivity index (χ1) is 57.4. The van der Waals surface area contributed by atoms with Crippen LogP contribution in [-0.4, -0.2) is 124 Å². The van der Waals surface area contributed by atoms with E-state index in [1.165, 1.54) is 62.5 Å². The fourth-order valence-corrected chi connectivity index (χ4v) is 19.0. The van der Waals surface area contributed by atoms with Gasteiger partial charge in [-0.15, -0.1) is 34.0 Å². The van der Waals surface area contributed by atoms with Crippen LogP contribution in [0.2, 0.25) is 0 Å². The number of aromatic nitrogens is 3. The van der Waals surface area contributed by atoms with Gasteiger partial charge in [0.2, 0.25) is 20.4 Å². The monoisotopic (exact) mass is 1660 g/mol. The Morgan fingerprint density at radius 2 is 1.04 bits per heavy atom. The molecule has 1 aliphatic carbocycles. The molecule has 1 saturated carbocycles. The summed E-state index contributed by atoms with van der Waals surface area (Å²) < 4.78 is 44.1. The van der Waals surface area contributed by atoms with Crippen molar-refractivity contribution < 1.29 is 52.3 Å². The molecule has 0 spiro atoms. The van der Waals surface area contributed by atoms with Crippen LogP contribution in [0.3, 0.4) is 0 Å². The number of hydrogen-bond donors (Lipinski definition) is 1. The smallest absolute Gasteiger partial charge is 0.273 e. The highest BCUT2D eigenvalue weighted by Crippen LogP contribution is 2.53. The van der Waals surface area contributed by atoms with Crippen LogP contribution in [0.25, 0.3) is 0 Å². The molecular formula is C96H109N9O11S3. The fourth-order valence-electron chi connectivity index (χ4n) is 16.5. The molecule has 23 heteroatoms. The number of methoxy groups -OCH3 is 2. The summed E-state index contributed by atoms with van der Waals surface area (Å²) in [4.78, 5) is 65.4. The maximum atomic E-state index is 13.7. The van der Waals surface area contributed by atoms with E-state index in [9.17, 15) is 14.4 Å². The maximum absolute atomic E-state index is 13.7. The number of fused-ring (bicyclic) bond motifs is 5. The molecule has 3 amide bonds. The normalized spacial score (nSPS) is 15.8. The van der Waals surface area contributed by atoms with Gasteiger partial charge in [-0.25, -0.2) is 15.0 Å². The molecule has 0 radical (unpaired) electrons. The van der Waals surface area contributed by atoms with Gasteiger partial charge in [0.25, 0.3) is 17.7 Å². The maximum Gasteiger partial charge on any atom is 0.273 e. The van der Waals surface area contributed by atoms with Crippen molar-refractivity contribution in [1.29, 1.82) is 0 Å². The molecule has 2 unspecified atom stereocenters. The number of carbonyl (C=O) groups is 3. The molecule has 2 atom stereocenters. The predicted molar refractivity (Wildman–Crippen MR) is 468 cm³/mol. The molecule has 20 nitrogen and oxygen atoms in total. The number of amides is 3. The van der Waals surface area contributed by atoms with Gasteiger partial charge in [-0.05, 0) is 172 Å². The molecule has 5 aliphatic rings. The highest BCUT2D eigenvalue weighted by atomic mass is 32.1. The molecule has 7 heterocycles. The predicted octanol–water partition coefficient (Wildman–Crippen LogP) is 18.7. The van der Waals surface area contributed by atoms with Crippen molar-refractivity contribution in [3.63, 3.8) is 0 Å². The van der Waals surface area contributed by atoms with Gasteiger partial charge in [0.05, 0.1) is 40.1 Å². The quantitative estimate of drug-likeness (QED) is 0.0446. The van der Waals surface area contributed by atoms with Crippen LogP contribution in [0.5, 0.6) is 46.0 Å². The number of benzene rings is 8. The largest absolute Gasteiger partial charge is 0.497 e. The van der Waals surface area contributed by atoms with Crippen LogP contribution in [-0.2, 0) is 83.6 Å². The van der Waals surface area contributed by atoms with Crippen molar-refractivity contribution in [2.24, 2.45) is 10.8 Å². The van der Waals surface area contributed by atoms with Gasteiger partial charge in [0.1, 0.15) is 42.8 Å². The zero-order valence-corrected chi connectivity index (χ0v) is 72.6. The standard InChI is InChI=1S/C34H43N3O3S.C33H37N3O4S.C29H29N3O4S/c1-32(2,3)25-10-7-23(8-11-25)17-36(18-24-9-12-27-28(13-24)40-22-39-27)19-30-35-16-29(41-30)31(38)37-21-34(6)15-26(37)14-33(4,5)20-34;1-5-27-12-10-24(16-30(27)38-4)14-15-35(3)33(37)28-21-41-32(34-28)20-36(18-25-8-6-23(2)7-9-25)19-26-11-13-29-31(17-26)40-22-39-29;1-34-24-10-7-22(8-11-24)16-32(17-23-9-12-26-27(15-23)36-20-35-26)18-28-31-25(19-37-28)29(33)30-14-13-21-5-3-2-4-6-21/h7-13,16,26H,14-15,17-22H2,1-6H3;6-13,16-17,21H,5,14-15,18-20,22H2,1-4H3;2-12,15,19H,13-14,16-18,20H2,1H3,(H,30,33). The summed E-state index contributed by atoms with van der Waals surface area (Å²) in [6.45, 7) is 27.1. The first-order valence-electron chi connectivity index (χ1n) is 40.9. The van der Waals surface area contributed by atoms with Gasteiger partial charge in [0.15, 0.2) is 34.5 Å². The molecule has 16 rings (SSSR count). The zero-order chi connectivity index (χ0) is 83.2. The summed E-state index contributed by atoms with van der Waals surface area (Å²) in [6, 6.07) is 60.6. The van der Waals surface area contributed by atoms with E-state index in [1.807, 2.05) is 78.5 Å². The Labute approximate surface area is 712 Å². The summed E-state index contributed by atoms with van der Waals surface area (Å²) in [5.74, 6) is 6.37. The summed E-state index contributed by atoms with van der Waals surface area (Å²) in [5.41, 5.74) is 14.7. The minimum atomic E-state index is -0.143. The lowest BCUT2D eigenvalue weighted by Gasteiger charge is -2.39. The van der Waals surface area contributed by atoms with E-state index in [2.05, 4.69) is 201 Å². The number of ether oxygens (including phenoxy) is 8. The third-order valence-electron chi connectivity index (χ3n) is 22.3. The summed E-state index contributed by atoms with van der Waals surface area (Å²) >= 11 is 4.58. The SMILES string of the molecule is CC1(C)CC2CC(C)(CN2C(=O)c2cnc(CN(Cc3ccc(C(C)(C)C)cc3)Cc3ccc4c(c3)OCO4)s2)C1.CCc1ccc(CCN(C)C(=O)c2csc(CN(Cc3ccc(C)cc3)Cc3ccc4c(c3)OCO4)n2)cc1OC.COc1ccc(CN(Cc2ccc3c(c2)OCO3)Cc2nc(C(=O)NCCc3ccccc3)cs2)cc1. The van der Waals surface area contributed by atoms with Gasteiger partial charge < -0.3 is 53.0 Å². The lowest BCUT2D eigenvalue weighted by atomic mass is 9.65. The Kier molecular flexibility index (Phi) is 27.5. The van der Waals surface area contributed by atoms with Crippen molar-refractivity contribution in [2.45, 2.75) is 164 Å².